The van der Waals surface area contributed by atoms with Gasteiger partial charge in [0.1, 0.15) is 30.6 Å². The largest absolute Gasteiger partial charge is 0.488 e. The molecule has 1 aliphatic heterocycles. The van der Waals surface area contributed by atoms with Crippen LogP contribution >= 0.6 is 0 Å². The van der Waals surface area contributed by atoms with Gasteiger partial charge in [0, 0.05) is 11.8 Å². The van der Waals surface area contributed by atoms with E-state index in [0.717, 1.165) is 16.7 Å². The predicted molar refractivity (Wildman–Crippen MR) is 172 cm³/mol. The van der Waals surface area contributed by atoms with E-state index in [4.69, 9.17) is 9.47 Å². The molecule has 224 valence electrons. The lowest BCUT2D eigenvalue weighted by Gasteiger charge is -2.30. The van der Waals surface area contributed by atoms with Gasteiger partial charge in [-0.05, 0) is 65.4 Å². The molecule has 1 fully saturated rings. The standard InChI is InChI=1S/C38H38N2O4/c41-37(35-22-23-39-35)40(25-28-16-18-32(19-17-28)31-14-8-3-9-15-31)33-20-21-34(38(42)44-27-30-12-6-2-7-13-30)36(24-33)43-26-29-10-4-1-5-11-29/h1-2,4-7,10-13,16-24,31,35,39H,3,8-9,14-15,25-27H2/t35-/m1/s1. The second kappa shape index (κ2) is 14.1. The molecular weight excluding hydrogens is 548 g/mol. The summed E-state index contributed by atoms with van der Waals surface area (Å²) < 4.78 is 11.9. The Kier molecular flexibility index (Phi) is 9.36. The zero-order valence-corrected chi connectivity index (χ0v) is 24.9. The molecule has 1 aliphatic carbocycles. The number of anilines is 1. The van der Waals surface area contributed by atoms with Crippen molar-refractivity contribution < 1.29 is 19.1 Å². The molecule has 1 amide bonds. The Morgan fingerprint density at radius 1 is 0.750 bits per heavy atom. The van der Waals surface area contributed by atoms with Crippen LogP contribution < -0.4 is 15.0 Å². The number of ether oxygens (including phenoxy) is 2. The quantitative estimate of drug-likeness (QED) is 0.183. The van der Waals surface area contributed by atoms with Gasteiger partial charge in [-0.25, -0.2) is 4.79 Å². The Morgan fingerprint density at radius 3 is 2.05 bits per heavy atom. The van der Waals surface area contributed by atoms with Crippen molar-refractivity contribution in [2.75, 3.05) is 4.90 Å². The molecule has 6 nitrogen and oxygen atoms in total. The van der Waals surface area contributed by atoms with Crippen LogP contribution in [0.1, 0.15) is 70.6 Å². The van der Waals surface area contributed by atoms with Crippen LogP contribution in [0.3, 0.4) is 0 Å². The number of rotatable bonds is 11. The molecule has 0 spiro atoms. The van der Waals surface area contributed by atoms with Crippen LogP contribution in [0.5, 0.6) is 5.75 Å². The zero-order chi connectivity index (χ0) is 30.1. The van der Waals surface area contributed by atoms with Gasteiger partial charge >= 0.3 is 5.97 Å². The van der Waals surface area contributed by atoms with Crippen molar-refractivity contribution in [2.24, 2.45) is 0 Å². The van der Waals surface area contributed by atoms with Gasteiger partial charge in [0.25, 0.3) is 5.91 Å². The summed E-state index contributed by atoms with van der Waals surface area (Å²) in [4.78, 5) is 28.7. The fourth-order valence-corrected chi connectivity index (χ4v) is 5.83. The van der Waals surface area contributed by atoms with Crippen LogP contribution in [0.2, 0.25) is 0 Å². The summed E-state index contributed by atoms with van der Waals surface area (Å²) in [6, 6.07) is 32.9. The van der Waals surface area contributed by atoms with Gasteiger partial charge in [-0.2, -0.15) is 0 Å². The minimum atomic E-state index is -0.483. The van der Waals surface area contributed by atoms with Crippen molar-refractivity contribution in [1.29, 1.82) is 0 Å². The molecule has 0 saturated heterocycles. The molecule has 4 aromatic carbocycles. The van der Waals surface area contributed by atoms with Gasteiger partial charge in [-0.3, -0.25) is 4.79 Å². The van der Waals surface area contributed by atoms with Crippen molar-refractivity contribution in [2.45, 2.75) is 63.8 Å². The first-order chi connectivity index (χ1) is 21.6. The smallest absolute Gasteiger partial charge is 0.342 e. The average molecular weight is 587 g/mol. The van der Waals surface area contributed by atoms with Gasteiger partial charge in [-0.1, -0.05) is 104 Å². The summed E-state index contributed by atoms with van der Waals surface area (Å²) in [5, 5.41) is 3.08. The highest BCUT2D eigenvalue weighted by molar-refractivity contribution is 6.00. The molecule has 1 heterocycles. The van der Waals surface area contributed by atoms with Crippen LogP contribution in [-0.2, 0) is 29.3 Å². The minimum Gasteiger partial charge on any atom is -0.488 e. The number of nitrogens with zero attached hydrogens (tertiary/aromatic N) is 1. The highest BCUT2D eigenvalue weighted by Crippen LogP contribution is 2.33. The van der Waals surface area contributed by atoms with Gasteiger partial charge in [0.15, 0.2) is 0 Å². The molecule has 0 unspecified atom stereocenters. The van der Waals surface area contributed by atoms with Gasteiger partial charge < -0.3 is 19.7 Å². The third kappa shape index (κ3) is 7.20. The number of nitrogens with one attached hydrogen (secondary N) is 1. The Balaban J connectivity index is 1.27. The normalized spacial score (nSPS) is 16.0. The average Bonchev–Trinajstić information content (AvgIpc) is 3.06. The van der Waals surface area contributed by atoms with Gasteiger partial charge in [0.05, 0.1) is 6.54 Å². The monoisotopic (exact) mass is 586 g/mol. The molecule has 44 heavy (non-hydrogen) atoms. The Morgan fingerprint density at radius 2 is 1.41 bits per heavy atom. The summed E-state index contributed by atoms with van der Waals surface area (Å²) >= 11 is 0. The van der Waals surface area contributed by atoms with E-state index in [-0.39, 0.29) is 19.1 Å². The number of esters is 1. The van der Waals surface area contributed by atoms with Crippen molar-refractivity contribution >= 4 is 17.6 Å². The van der Waals surface area contributed by atoms with Gasteiger partial charge in [-0.15, -0.1) is 0 Å². The number of amides is 1. The molecule has 1 saturated carbocycles. The molecule has 0 radical (unpaired) electrons. The van der Waals surface area contributed by atoms with Gasteiger partial charge in [0.2, 0.25) is 0 Å². The van der Waals surface area contributed by atoms with Crippen LogP contribution in [-0.4, -0.2) is 17.9 Å². The predicted octanol–water partition coefficient (Wildman–Crippen LogP) is 7.69. The van der Waals surface area contributed by atoms with E-state index >= 15 is 0 Å². The van der Waals surface area contributed by atoms with Crippen molar-refractivity contribution in [1.82, 2.24) is 5.32 Å². The maximum atomic E-state index is 13.7. The number of carbonyl (C=O) groups is 2. The maximum Gasteiger partial charge on any atom is 0.342 e. The van der Waals surface area contributed by atoms with E-state index < -0.39 is 12.0 Å². The zero-order valence-electron chi connectivity index (χ0n) is 24.9. The summed E-state index contributed by atoms with van der Waals surface area (Å²) in [5.74, 6) is 0.436. The molecule has 6 heteroatoms. The number of hydrogen-bond donors (Lipinski definition) is 1. The first-order valence-corrected chi connectivity index (χ1v) is 15.5. The van der Waals surface area contributed by atoms with E-state index in [9.17, 15) is 9.59 Å². The topological polar surface area (TPSA) is 67.9 Å². The second-order valence-corrected chi connectivity index (χ2v) is 11.5. The van der Waals surface area contributed by atoms with E-state index in [0.29, 0.717) is 29.5 Å². The third-order valence-electron chi connectivity index (χ3n) is 8.44. The number of hydrogen-bond acceptors (Lipinski definition) is 5. The summed E-state index contributed by atoms with van der Waals surface area (Å²) in [6.07, 6.45) is 10.0. The molecule has 1 atom stereocenters. The Hall–Kier alpha value is -4.84. The summed E-state index contributed by atoms with van der Waals surface area (Å²) in [6.45, 7) is 0.819. The maximum absolute atomic E-state index is 13.7. The molecule has 2 aliphatic rings. The van der Waals surface area contributed by atoms with Crippen LogP contribution in [0.25, 0.3) is 0 Å². The molecule has 6 rings (SSSR count). The lowest BCUT2D eigenvalue weighted by molar-refractivity contribution is -0.119. The number of benzene rings is 4. The van der Waals surface area contributed by atoms with Crippen LogP contribution in [0, 0.1) is 0 Å². The van der Waals surface area contributed by atoms with E-state index in [2.05, 4.69) is 29.6 Å². The highest BCUT2D eigenvalue weighted by atomic mass is 16.5. The molecular formula is C38H38N2O4. The first-order valence-electron chi connectivity index (χ1n) is 15.5. The fourth-order valence-electron chi connectivity index (χ4n) is 5.83. The SMILES string of the molecule is O=C(OCc1ccccc1)c1ccc(N(Cc2ccc(C3CCCCC3)cc2)C(=O)[C@H]2C=CN2)cc1OCc1ccccc1. The third-order valence-corrected chi connectivity index (χ3v) is 8.44. The molecule has 0 bridgehead atoms. The van der Waals surface area contributed by atoms with Crippen molar-refractivity contribution in [3.63, 3.8) is 0 Å². The number of carbonyl (C=O) groups excluding carboxylic acids is 2. The minimum absolute atomic E-state index is 0.0720. The van der Waals surface area contributed by atoms with Crippen molar-refractivity contribution in [3.8, 4) is 5.75 Å². The van der Waals surface area contributed by atoms with E-state index in [1.165, 1.54) is 37.7 Å². The fraction of sp³-hybridized carbons (Fsp3) is 0.263. The lowest BCUT2D eigenvalue weighted by atomic mass is 9.84. The summed E-state index contributed by atoms with van der Waals surface area (Å²) in [5.41, 5.74) is 5.25. The van der Waals surface area contributed by atoms with Crippen LogP contribution in [0.15, 0.2) is 115 Å². The molecule has 0 aromatic heterocycles. The lowest BCUT2D eigenvalue weighted by Crippen LogP contribution is -2.47. The van der Waals surface area contributed by atoms with Crippen molar-refractivity contribution in [3.05, 3.63) is 143 Å². The Labute approximate surface area is 259 Å². The molecule has 1 N–H and O–H groups in total. The summed E-state index contributed by atoms with van der Waals surface area (Å²) in [7, 11) is 0. The molecule has 4 aromatic rings. The first kappa shape index (κ1) is 29.2. The van der Waals surface area contributed by atoms with E-state index in [1.807, 2.05) is 66.7 Å². The second-order valence-electron chi connectivity index (χ2n) is 11.5. The van der Waals surface area contributed by atoms with E-state index in [1.54, 1.807) is 29.3 Å². The highest BCUT2D eigenvalue weighted by Gasteiger charge is 2.28. The van der Waals surface area contributed by atoms with Crippen LogP contribution in [0.4, 0.5) is 5.69 Å². The Bertz CT molecular complexity index is 1580.